The molecule has 1 fully saturated rings. The number of ether oxygens (including phenoxy) is 3. The van der Waals surface area contributed by atoms with Crippen molar-refractivity contribution in [3.8, 4) is 11.5 Å². The van der Waals surface area contributed by atoms with Crippen LogP contribution in [0.15, 0.2) is 48.5 Å². The number of hydrogen-bond donors (Lipinski definition) is 2. The van der Waals surface area contributed by atoms with Gasteiger partial charge in [-0.25, -0.2) is 0 Å². The molecule has 2 aromatic carbocycles. The minimum atomic E-state index is -0.645. The summed E-state index contributed by atoms with van der Waals surface area (Å²) in [6, 6.07) is 15.6. The van der Waals surface area contributed by atoms with Crippen LogP contribution in [0.5, 0.6) is 11.5 Å². The number of morpholine rings is 1. The van der Waals surface area contributed by atoms with Crippen LogP contribution >= 0.6 is 0 Å². The van der Waals surface area contributed by atoms with Gasteiger partial charge < -0.3 is 24.8 Å². The maximum absolute atomic E-state index is 12.0. The Bertz CT molecular complexity index is 905. The zero-order chi connectivity index (χ0) is 21.5. The molecule has 1 atom stereocenters. The van der Waals surface area contributed by atoms with Crippen LogP contribution in [0.2, 0.25) is 0 Å². The Balaban J connectivity index is 1.13. The largest absolute Gasteiger partial charge is 0.454 e. The van der Waals surface area contributed by atoms with Gasteiger partial charge in [-0.2, -0.15) is 0 Å². The van der Waals surface area contributed by atoms with E-state index >= 15 is 0 Å². The van der Waals surface area contributed by atoms with Gasteiger partial charge in [-0.1, -0.05) is 36.4 Å². The summed E-state index contributed by atoms with van der Waals surface area (Å²) in [5.41, 5.74) is 2.02. The number of nitrogens with one attached hydrogen (secondary N) is 2. The fourth-order valence-corrected chi connectivity index (χ4v) is 3.67. The molecule has 8 heteroatoms. The third-order valence-electron chi connectivity index (χ3n) is 5.35. The maximum Gasteiger partial charge on any atom is 0.309 e. The summed E-state index contributed by atoms with van der Waals surface area (Å²) in [5.74, 6) is 0.0649. The van der Waals surface area contributed by atoms with Crippen molar-refractivity contribution in [2.75, 3.05) is 39.6 Å². The molecule has 2 aromatic rings. The van der Waals surface area contributed by atoms with Gasteiger partial charge in [0.05, 0.1) is 12.7 Å². The van der Waals surface area contributed by atoms with Gasteiger partial charge in [-0.15, -0.1) is 0 Å². The highest BCUT2D eigenvalue weighted by molar-refractivity contribution is 6.35. The molecule has 0 bridgehead atoms. The molecule has 164 valence electrons. The van der Waals surface area contributed by atoms with Gasteiger partial charge >= 0.3 is 11.8 Å². The lowest BCUT2D eigenvalue weighted by molar-refractivity contribution is -0.139. The molecule has 0 spiro atoms. The quantitative estimate of drug-likeness (QED) is 0.518. The van der Waals surface area contributed by atoms with E-state index in [1.54, 1.807) is 12.1 Å². The summed E-state index contributed by atoms with van der Waals surface area (Å²) >= 11 is 0. The average Bonchev–Trinajstić information content (AvgIpc) is 3.29. The number of carbonyl (C=O) groups excluding carboxylic acids is 2. The molecule has 1 unspecified atom stereocenters. The maximum atomic E-state index is 12.0. The normalized spacial score (nSPS) is 17.9. The van der Waals surface area contributed by atoms with Gasteiger partial charge in [-0.05, 0) is 29.7 Å². The van der Waals surface area contributed by atoms with Gasteiger partial charge in [-0.3, -0.25) is 14.5 Å². The molecule has 2 aliphatic rings. The topological polar surface area (TPSA) is 89.1 Å². The molecule has 2 amide bonds. The minimum absolute atomic E-state index is 0.0755. The van der Waals surface area contributed by atoms with E-state index in [1.807, 2.05) is 24.3 Å². The van der Waals surface area contributed by atoms with Crippen molar-refractivity contribution in [2.24, 2.45) is 0 Å². The molecule has 31 heavy (non-hydrogen) atoms. The highest BCUT2D eigenvalue weighted by atomic mass is 16.7. The molecule has 0 radical (unpaired) electrons. The fraction of sp³-hybridized carbons (Fsp3) is 0.391. The third kappa shape index (κ3) is 5.74. The number of nitrogens with zero attached hydrogens (tertiary/aromatic N) is 1. The Hall–Kier alpha value is -3.10. The number of benzene rings is 2. The minimum Gasteiger partial charge on any atom is -0.454 e. The van der Waals surface area contributed by atoms with Gasteiger partial charge in [0.25, 0.3) is 0 Å². The predicted octanol–water partition coefficient (Wildman–Crippen LogP) is 1.61. The Labute approximate surface area is 181 Å². The molecule has 0 aromatic heterocycles. The second-order valence-electron chi connectivity index (χ2n) is 7.55. The van der Waals surface area contributed by atoms with Crippen molar-refractivity contribution in [1.29, 1.82) is 0 Å². The Morgan fingerprint density at radius 3 is 2.68 bits per heavy atom. The van der Waals surface area contributed by atoms with Gasteiger partial charge in [0.2, 0.25) is 6.79 Å². The van der Waals surface area contributed by atoms with E-state index in [1.165, 1.54) is 5.56 Å². The Kier molecular flexibility index (Phi) is 7.01. The molecule has 0 saturated carbocycles. The lowest BCUT2D eigenvalue weighted by Crippen LogP contribution is -2.42. The van der Waals surface area contributed by atoms with Crippen LogP contribution in [0, 0.1) is 0 Å². The van der Waals surface area contributed by atoms with Crippen LogP contribution in [0.1, 0.15) is 23.7 Å². The van der Waals surface area contributed by atoms with Crippen LogP contribution in [0.4, 0.5) is 0 Å². The zero-order valence-electron chi connectivity index (χ0n) is 17.3. The van der Waals surface area contributed by atoms with Crippen molar-refractivity contribution in [3.05, 3.63) is 59.7 Å². The standard InChI is InChI=1S/C23H27N3O5/c27-22(23(28)25-14-17-7-8-19-20(13-17)31-16-30-19)24-9-4-10-26-11-12-29-21(15-26)18-5-2-1-3-6-18/h1-3,5-8,13,21H,4,9-12,14-16H2,(H,24,27)(H,25,28). The summed E-state index contributed by atoms with van der Waals surface area (Å²) in [6.45, 7) is 4.12. The first kappa shape index (κ1) is 21.1. The summed E-state index contributed by atoms with van der Waals surface area (Å²) in [4.78, 5) is 26.4. The third-order valence-corrected chi connectivity index (χ3v) is 5.35. The molecule has 2 aliphatic heterocycles. The van der Waals surface area contributed by atoms with Crippen LogP contribution in [-0.4, -0.2) is 56.3 Å². The van der Waals surface area contributed by atoms with Gasteiger partial charge in [0.15, 0.2) is 11.5 Å². The zero-order valence-corrected chi connectivity index (χ0v) is 17.3. The average molecular weight is 425 g/mol. The number of amides is 2. The SMILES string of the molecule is O=C(NCCCN1CCOC(c2ccccc2)C1)C(=O)NCc1ccc2c(c1)OCO2. The summed E-state index contributed by atoms with van der Waals surface area (Å²) in [5, 5.41) is 5.32. The summed E-state index contributed by atoms with van der Waals surface area (Å²) in [7, 11) is 0. The summed E-state index contributed by atoms with van der Waals surface area (Å²) < 4.78 is 16.5. The Morgan fingerprint density at radius 2 is 1.81 bits per heavy atom. The summed E-state index contributed by atoms with van der Waals surface area (Å²) in [6.07, 6.45) is 0.842. The number of carbonyl (C=O) groups is 2. The van der Waals surface area contributed by atoms with E-state index in [-0.39, 0.29) is 19.4 Å². The lowest BCUT2D eigenvalue weighted by Gasteiger charge is -2.33. The van der Waals surface area contributed by atoms with E-state index in [2.05, 4.69) is 27.7 Å². The number of hydrogen-bond acceptors (Lipinski definition) is 6. The molecular weight excluding hydrogens is 398 g/mol. The van der Waals surface area contributed by atoms with Crippen LogP contribution in [0.25, 0.3) is 0 Å². The van der Waals surface area contributed by atoms with Crippen LogP contribution in [-0.2, 0) is 20.9 Å². The van der Waals surface area contributed by atoms with E-state index < -0.39 is 11.8 Å². The fourth-order valence-electron chi connectivity index (χ4n) is 3.67. The van der Waals surface area contributed by atoms with Crippen LogP contribution in [0.3, 0.4) is 0 Å². The first-order valence-corrected chi connectivity index (χ1v) is 10.5. The van der Waals surface area contributed by atoms with Crippen molar-refractivity contribution in [1.82, 2.24) is 15.5 Å². The van der Waals surface area contributed by atoms with Crippen molar-refractivity contribution in [3.63, 3.8) is 0 Å². The first-order valence-electron chi connectivity index (χ1n) is 10.5. The molecule has 0 aliphatic carbocycles. The number of fused-ring (bicyclic) bond motifs is 1. The molecule has 2 heterocycles. The predicted molar refractivity (Wildman–Crippen MR) is 114 cm³/mol. The van der Waals surface area contributed by atoms with E-state index in [4.69, 9.17) is 14.2 Å². The van der Waals surface area contributed by atoms with Gasteiger partial charge in [0.1, 0.15) is 0 Å². The molecule has 4 rings (SSSR count). The molecule has 1 saturated heterocycles. The van der Waals surface area contributed by atoms with E-state index in [9.17, 15) is 9.59 Å². The smallest absolute Gasteiger partial charge is 0.309 e. The van der Waals surface area contributed by atoms with Crippen molar-refractivity contribution < 1.29 is 23.8 Å². The second kappa shape index (κ2) is 10.3. The highest BCUT2D eigenvalue weighted by Crippen LogP contribution is 2.32. The Morgan fingerprint density at radius 1 is 1.00 bits per heavy atom. The highest BCUT2D eigenvalue weighted by Gasteiger charge is 2.21. The van der Waals surface area contributed by atoms with E-state index in [0.717, 1.165) is 31.6 Å². The molecule has 2 N–H and O–H groups in total. The molecule has 8 nitrogen and oxygen atoms in total. The second-order valence-corrected chi connectivity index (χ2v) is 7.55. The van der Waals surface area contributed by atoms with Crippen molar-refractivity contribution >= 4 is 11.8 Å². The van der Waals surface area contributed by atoms with Crippen molar-refractivity contribution in [2.45, 2.75) is 19.1 Å². The monoisotopic (exact) mass is 425 g/mol. The molecular formula is C23H27N3O5. The van der Waals surface area contributed by atoms with Gasteiger partial charge in [0, 0.05) is 32.7 Å². The van der Waals surface area contributed by atoms with E-state index in [0.29, 0.717) is 24.7 Å². The first-order chi connectivity index (χ1) is 15.2. The number of rotatable bonds is 7. The lowest BCUT2D eigenvalue weighted by atomic mass is 10.1. The van der Waals surface area contributed by atoms with Crippen LogP contribution < -0.4 is 20.1 Å².